The first-order valence-electron chi connectivity index (χ1n) is 5.52. The Kier molecular flexibility index (Phi) is 4.16. The summed E-state index contributed by atoms with van der Waals surface area (Å²) in [5.41, 5.74) is 0.373. The summed E-state index contributed by atoms with van der Waals surface area (Å²) in [6.07, 6.45) is 0. The highest BCUT2D eigenvalue weighted by atomic mass is 32.2. The lowest BCUT2D eigenvalue weighted by atomic mass is 10.2. The summed E-state index contributed by atoms with van der Waals surface area (Å²) in [6, 6.07) is 5.00. The molecule has 100 valence electrons. The van der Waals surface area contributed by atoms with Gasteiger partial charge in [0.15, 0.2) is 0 Å². The molecule has 2 amide bonds. The summed E-state index contributed by atoms with van der Waals surface area (Å²) >= 11 is 6.41. The number of benzene rings is 1. The van der Waals surface area contributed by atoms with E-state index in [4.69, 9.17) is 12.2 Å². The van der Waals surface area contributed by atoms with Crippen LogP contribution in [0.1, 0.15) is 6.92 Å². The van der Waals surface area contributed by atoms with Gasteiger partial charge in [-0.3, -0.25) is 14.5 Å². The van der Waals surface area contributed by atoms with Gasteiger partial charge < -0.3 is 5.32 Å². The molecule has 1 aliphatic heterocycles. The van der Waals surface area contributed by atoms with Crippen LogP contribution < -0.4 is 10.2 Å². The van der Waals surface area contributed by atoms with Crippen LogP contribution >= 0.6 is 24.0 Å². The number of carbonyl (C=O) groups excluding carboxylic acids is 2. The first kappa shape index (κ1) is 14.0. The first-order valence-corrected chi connectivity index (χ1v) is 6.92. The van der Waals surface area contributed by atoms with Gasteiger partial charge in [0.25, 0.3) is 5.91 Å². The van der Waals surface area contributed by atoms with Gasteiger partial charge in [0, 0.05) is 12.7 Å². The van der Waals surface area contributed by atoms with Crippen molar-refractivity contribution in [1.29, 1.82) is 0 Å². The third-order valence-corrected chi connectivity index (χ3v) is 3.98. The second-order valence-electron chi connectivity index (χ2n) is 3.98. The fourth-order valence-electron chi connectivity index (χ4n) is 1.73. The van der Waals surface area contributed by atoms with Crippen LogP contribution in [0.2, 0.25) is 0 Å². The minimum atomic E-state index is -0.641. The van der Waals surface area contributed by atoms with Gasteiger partial charge >= 0.3 is 0 Å². The van der Waals surface area contributed by atoms with E-state index in [1.807, 2.05) is 0 Å². The lowest BCUT2D eigenvalue weighted by Gasteiger charge is -2.32. The summed E-state index contributed by atoms with van der Waals surface area (Å²) in [5.74, 6) is -0.682. The van der Waals surface area contributed by atoms with E-state index in [1.165, 1.54) is 41.8 Å². The molecule has 1 N–H and O–H groups in total. The van der Waals surface area contributed by atoms with Crippen LogP contribution in [0.25, 0.3) is 0 Å². The molecule has 1 saturated heterocycles. The second kappa shape index (κ2) is 5.66. The Morgan fingerprint density at radius 3 is 2.95 bits per heavy atom. The van der Waals surface area contributed by atoms with Crippen molar-refractivity contribution in [3.05, 3.63) is 30.1 Å². The molecular formula is C12H11FN2O2S2. The molecule has 0 bridgehead atoms. The van der Waals surface area contributed by atoms with Crippen molar-refractivity contribution < 1.29 is 14.0 Å². The summed E-state index contributed by atoms with van der Waals surface area (Å²) in [4.78, 5) is 24.6. The van der Waals surface area contributed by atoms with Gasteiger partial charge in [-0.2, -0.15) is 0 Å². The molecule has 7 heteroatoms. The van der Waals surface area contributed by atoms with Crippen LogP contribution in [-0.4, -0.2) is 27.9 Å². The van der Waals surface area contributed by atoms with Crippen molar-refractivity contribution in [3.63, 3.8) is 0 Å². The van der Waals surface area contributed by atoms with Gasteiger partial charge in [0.1, 0.15) is 16.2 Å². The Morgan fingerprint density at radius 2 is 2.32 bits per heavy atom. The summed E-state index contributed by atoms with van der Waals surface area (Å²) in [7, 11) is 0. The number of hydrogen-bond donors (Lipinski definition) is 1. The van der Waals surface area contributed by atoms with Gasteiger partial charge in [-0.15, -0.1) is 0 Å². The number of thioether (sulfide) groups is 1. The van der Waals surface area contributed by atoms with E-state index in [9.17, 15) is 14.0 Å². The highest BCUT2D eigenvalue weighted by Crippen LogP contribution is 2.26. The van der Waals surface area contributed by atoms with Crippen molar-refractivity contribution in [3.8, 4) is 0 Å². The summed E-state index contributed by atoms with van der Waals surface area (Å²) in [6.45, 7) is 1.34. The Hall–Kier alpha value is -1.47. The number of nitrogens with zero attached hydrogens (tertiary/aromatic N) is 1. The maximum Gasteiger partial charge on any atom is 0.256 e. The molecule has 1 atom stereocenters. The zero-order valence-corrected chi connectivity index (χ0v) is 11.7. The van der Waals surface area contributed by atoms with Crippen molar-refractivity contribution in [2.45, 2.75) is 13.0 Å². The second-order valence-corrected chi connectivity index (χ2v) is 5.64. The standard InChI is InChI=1S/C12H11FN2O2S2/c1-7(16)14-10-6-19-12(18)15(11(10)17)9-4-2-3-8(13)5-9/h2-5,10H,6H2,1H3,(H,14,16). The third-order valence-electron chi connectivity index (χ3n) is 2.52. The number of carbonyl (C=O) groups is 2. The molecule has 1 fully saturated rings. The predicted octanol–water partition coefficient (Wildman–Crippen LogP) is 1.70. The molecule has 1 aliphatic rings. The minimum absolute atomic E-state index is 0.286. The Morgan fingerprint density at radius 1 is 1.58 bits per heavy atom. The van der Waals surface area contributed by atoms with Crippen LogP contribution in [0, 0.1) is 5.82 Å². The largest absolute Gasteiger partial charge is 0.344 e. The van der Waals surface area contributed by atoms with E-state index in [-0.39, 0.29) is 11.8 Å². The fourth-order valence-corrected chi connectivity index (χ4v) is 2.99. The zero-order valence-electron chi connectivity index (χ0n) is 10.1. The molecule has 1 aromatic rings. The maximum absolute atomic E-state index is 13.2. The lowest BCUT2D eigenvalue weighted by molar-refractivity contribution is -0.125. The summed E-state index contributed by atoms with van der Waals surface area (Å²) < 4.78 is 13.6. The average Bonchev–Trinajstić information content (AvgIpc) is 2.33. The quantitative estimate of drug-likeness (QED) is 0.844. The van der Waals surface area contributed by atoms with E-state index in [1.54, 1.807) is 6.07 Å². The van der Waals surface area contributed by atoms with E-state index in [0.29, 0.717) is 15.8 Å². The number of thiocarbonyl (C=S) groups is 1. The molecule has 1 heterocycles. The Bertz CT molecular complexity index is 550. The monoisotopic (exact) mass is 298 g/mol. The van der Waals surface area contributed by atoms with Gasteiger partial charge in [-0.05, 0) is 18.2 Å². The smallest absolute Gasteiger partial charge is 0.256 e. The van der Waals surface area contributed by atoms with Crippen LogP contribution in [0.15, 0.2) is 24.3 Å². The molecule has 0 spiro atoms. The van der Waals surface area contributed by atoms with E-state index < -0.39 is 11.9 Å². The normalized spacial score (nSPS) is 19.5. The minimum Gasteiger partial charge on any atom is -0.344 e. The number of halogens is 1. The van der Waals surface area contributed by atoms with Crippen molar-refractivity contribution in [2.24, 2.45) is 0 Å². The van der Waals surface area contributed by atoms with Crippen molar-refractivity contribution in [2.75, 3.05) is 10.7 Å². The zero-order chi connectivity index (χ0) is 14.0. The average molecular weight is 298 g/mol. The van der Waals surface area contributed by atoms with Gasteiger partial charge in [-0.25, -0.2) is 4.39 Å². The Labute approximate surface area is 119 Å². The Balaban J connectivity index is 2.29. The lowest BCUT2D eigenvalue weighted by Crippen LogP contribution is -2.54. The number of nitrogens with one attached hydrogen (secondary N) is 1. The van der Waals surface area contributed by atoms with Crippen LogP contribution in [0.5, 0.6) is 0 Å². The molecule has 2 rings (SSSR count). The van der Waals surface area contributed by atoms with E-state index in [2.05, 4.69) is 5.32 Å². The van der Waals surface area contributed by atoms with Crippen LogP contribution in [0.3, 0.4) is 0 Å². The summed E-state index contributed by atoms with van der Waals surface area (Å²) in [5, 5.41) is 2.56. The van der Waals surface area contributed by atoms with Crippen LogP contribution in [0.4, 0.5) is 10.1 Å². The van der Waals surface area contributed by atoms with Crippen molar-refractivity contribution in [1.82, 2.24) is 5.32 Å². The van der Waals surface area contributed by atoms with Crippen molar-refractivity contribution >= 4 is 45.8 Å². The number of hydrogen-bond acceptors (Lipinski definition) is 4. The molecule has 19 heavy (non-hydrogen) atoms. The highest BCUT2D eigenvalue weighted by molar-refractivity contribution is 8.23. The highest BCUT2D eigenvalue weighted by Gasteiger charge is 2.34. The molecule has 4 nitrogen and oxygen atoms in total. The molecular weight excluding hydrogens is 287 g/mol. The molecule has 0 saturated carbocycles. The molecule has 1 aromatic carbocycles. The first-order chi connectivity index (χ1) is 8.99. The topological polar surface area (TPSA) is 49.4 Å². The van der Waals surface area contributed by atoms with Gasteiger partial charge in [0.05, 0.1) is 5.69 Å². The number of anilines is 1. The molecule has 0 aromatic heterocycles. The molecule has 1 unspecified atom stereocenters. The fraction of sp³-hybridized carbons (Fsp3) is 0.250. The van der Waals surface area contributed by atoms with Gasteiger partial charge in [-0.1, -0.05) is 30.0 Å². The predicted molar refractivity (Wildman–Crippen MR) is 76.5 cm³/mol. The van der Waals surface area contributed by atoms with E-state index >= 15 is 0 Å². The third kappa shape index (κ3) is 3.10. The maximum atomic E-state index is 13.2. The number of amides is 2. The van der Waals surface area contributed by atoms with E-state index in [0.717, 1.165) is 0 Å². The van der Waals surface area contributed by atoms with Crippen LogP contribution in [-0.2, 0) is 9.59 Å². The van der Waals surface area contributed by atoms with Gasteiger partial charge in [0.2, 0.25) is 5.91 Å². The SMILES string of the molecule is CC(=O)NC1CSC(=S)N(c2cccc(F)c2)C1=O. The molecule has 0 aliphatic carbocycles. The molecule has 0 radical (unpaired) electrons. The number of rotatable bonds is 2.